The molecule has 0 radical (unpaired) electrons. The Labute approximate surface area is 150 Å². The van der Waals surface area contributed by atoms with Crippen molar-refractivity contribution in [3.05, 3.63) is 39.9 Å². The Balaban J connectivity index is 2.28. The Bertz CT molecular complexity index is 513. The summed E-state index contributed by atoms with van der Waals surface area (Å²) in [7, 11) is 0. The fourth-order valence-electron chi connectivity index (χ4n) is 2.79. The number of unbranched alkanes of at least 4 members (excludes halogenated alkanes) is 7. The van der Waals surface area contributed by atoms with E-state index in [-0.39, 0.29) is 11.8 Å². The van der Waals surface area contributed by atoms with Gasteiger partial charge < -0.3 is 4.74 Å². The SMILES string of the molecule is CCCCCCCCCCC(CC)OC(=O)c1ccc([N+](=O)[O-])cc1. The molecule has 0 saturated carbocycles. The summed E-state index contributed by atoms with van der Waals surface area (Å²) in [5.41, 5.74) is 0.336. The van der Waals surface area contributed by atoms with Crippen LogP contribution < -0.4 is 0 Å². The second kappa shape index (κ2) is 12.5. The molecule has 0 spiro atoms. The van der Waals surface area contributed by atoms with E-state index in [4.69, 9.17) is 4.74 Å². The van der Waals surface area contributed by atoms with Crippen molar-refractivity contribution in [1.82, 2.24) is 0 Å². The molecule has 1 aromatic carbocycles. The number of benzene rings is 1. The second-order valence-corrected chi connectivity index (χ2v) is 6.50. The molecule has 1 unspecified atom stereocenters. The summed E-state index contributed by atoms with van der Waals surface area (Å²) in [6, 6.07) is 5.55. The summed E-state index contributed by atoms with van der Waals surface area (Å²) in [5, 5.41) is 10.6. The third-order valence-electron chi connectivity index (χ3n) is 4.42. The van der Waals surface area contributed by atoms with E-state index in [0.717, 1.165) is 19.3 Å². The molecule has 1 aromatic rings. The number of ether oxygens (including phenoxy) is 1. The van der Waals surface area contributed by atoms with Crippen molar-refractivity contribution in [1.29, 1.82) is 0 Å². The molecular formula is C20H31NO4. The van der Waals surface area contributed by atoms with Gasteiger partial charge in [0.05, 0.1) is 10.5 Å². The van der Waals surface area contributed by atoms with E-state index in [1.54, 1.807) is 0 Å². The minimum Gasteiger partial charge on any atom is -0.459 e. The average molecular weight is 349 g/mol. The summed E-state index contributed by atoms with van der Waals surface area (Å²) in [5.74, 6) is -0.402. The van der Waals surface area contributed by atoms with Crippen LogP contribution in [0.2, 0.25) is 0 Å². The maximum absolute atomic E-state index is 12.1. The van der Waals surface area contributed by atoms with Gasteiger partial charge in [-0.15, -0.1) is 0 Å². The number of hydrogen-bond donors (Lipinski definition) is 0. The number of nitro groups is 1. The number of non-ortho nitro benzene ring substituents is 1. The zero-order chi connectivity index (χ0) is 18.5. The first-order valence-corrected chi connectivity index (χ1v) is 9.53. The van der Waals surface area contributed by atoms with Gasteiger partial charge in [-0.1, -0.05) is 58.8 Å². The lowest BCUT2D eigenvalue weighted by atomic mass is 10.0. The summed E-state index contributed by atoms with van der Waals surface area (Å²) >= 11 is 0. The van der Waals surface area contributed by atoms with E-state index in [0.29, 0.717) is 5.56 Å². The Kier molecular flexibility index (Phi) is 10.5. The van der Waals surface area contributed by atoms with Crippen LogP contribution >= 0.6 is 0 Å². The first kappa shape index (κ1) is 21.1. The summed E-state index contributed by atoms with van der Waals surface area (Å²) in [6.07, 6.45) is 11.6. The lowest BCUT2D eigenvalue weighted by Crippen LogP contribution is -2.17. The molecular weight excluding hydrogens is 318 g/mol. The van der Waals surface area contributed by atoms with Crippen LogP contribution in [0.25, 0.3) is 0 Å². The van der Waals surface area contributed by atoms with Gasteiger partial charge in [0.15, 0.2) is 0 Å². The van der Waals surface area contributed by atoms with Gasteiger partial charge in [-0.05, 0) is 31.4 Å². The molecule has 0 saturated heterocycles. The van der Waals surface area contributed by atoms with Gasteiger partial charge in [-0.25, -0.2) is 4.79 Å². The van der Waals surface area contributed by atoms with E-state index in [9.17, 15) is 14.9 Å². The standard InChI is InChI=1S/C20H31NO4/c1-3-5-6-7-8-9-10-11-12-19(4-2)25-20(22)17-13-15-18(16-14-17)21(23)24/h13-16,19H,3-12H2,1-2H3. The van der Waals surface area contributed by atoms with Gasteiger partial charge in [-0.3, -0.25) is 10.1 Å². The first-order chi connectivity index (χ1) is 12.1. The highest BCUT2D eigenvalue weighted by molar-refractivity contribution is 5.89. The molecule has 0 N–H and O–H groups in total. The molecule has 0 fully saturated rings. The minimum absolute atomic E-state index is 0.0254. The van der Waals surface area contributed by atoms with Gasteiger partial charge in [-0.2, -0.15) is 0 Å². The van der Waals surface area contributed by atoms with Crippen LogP contribution in [0.4, 0.5) is 5.69 Å². The Morgan fingerprint density at radius 3 is 2.08 bits per heavy atom. The molecule has 0 bridgehead atoms. The quantitative estimate of drug-likeness (QED) is 0.188. The molecule has 0 aliphatic carbocycles. The molecule has 1 atom stereocenters. The van der Waals surface area contributed by atoms with Crippen LogP contribution in [0, 0.1) is 10.1 Å². The van der Waals surface area contributed by atoms with Crippen molar-refractivity contribution in [2.75, 3.05) is 0 Å². The minimum atomic E-state index is -0.480. The maximum Gasteiger partial charge on any atom is 0.338 e. The number of carbonyl (C=O) groups is 1. The molecule has 140 valence electrons. The highest BCUT2D eigenvalue weighted by atomic mass is 16.6. The van der Waals surface area contributed by atoms with Crippen LogP contribution in [0.3, 0.4) is 0 Å². The topological polar surface area (TPSA) is 69.4 Å². The van der Waals surface area contributed by atoms with Crippen molar-refractivity contribution in [2.45, 2.75) is 84.2 Å². The normalized spacial score (nSPS) is 11.9. The van der Waals surface area contributed by atoms with E-state index >= 15 is 0 Å². The van der Waals surface area contributed by atoms with E-state index < -0.39 is 10.9 Å². The van der Waals surface area contributed by atoms with E-state index in [1.807, 2.05) is 6.92 Å². The lowest BCUT2D eigenvalue weighted by molar-refractivity contribution is -0.384. The van der Waals surface area contributed by atoms with Crippen molar-refractivity contribution < 1.29 is 14.5 Å². The van der Waals surface area contributed by atoms with Crippen molar-refractivity contribution >= 4 is 11.7 Å². The Hall–Kier alpha value is -1.91. The molecule has 0 aliphatic heterocycles. The van der Waals surface area contributed by atoms with Gasteiger partial charge in [0.1, 0.15) is 6.10 Å². The summed E-state index contributed by atoms with van der Waals surface area (Å²) in [4.78, 5) is 22.3. The third kappa shape index (κ3) is 8.66. The molecule has 0 amide bonds. The fraction of sp³-hybridized carbons (Fsp3) is 0.650. The second-order valence-electron chi connectivity index (χ2n) is 6.50. The summed E-state index contributed by atoms with van der Waals surface area (Å²) in [6.45, 7) is 4.24. The largest absolute Gasteiger partial charge is 0.459 e. The van der Waals surface area contributed by atoms with Crippen molar-refractivity contribution in [3.63, 3.8) is 0 Å². The number of nitrogens with zero attached hydrogens (tertiary/aromatic N) is 1. The van der Waals surface area contributed by atoms with Gasteiger partial charge in [0.2, 0.25) is 0 Å². The number of carbonyl (C=O) groups excluding carboxylic acids is 1. The zero-order valence-corrected chi connectivity index (χ0v) is 15.5. The maximum atomic E-state index is 12.1. The molecule has 0 heterocycles. The number of hydrogen-bond acceptors (Lipinski definition) is 4. The van der Waals surface area contributed by atoms with Gasteiger partial charge >= 0.3 is 5.97 Å². The Morgan fingerprint density at radius 2 is 1.56 bits per heavy atom. The Morgan fingerprint density at radius 1 is 1.00 bits per heavy atom. The molecule has 5 heteroatoms. The molecule has 1 rings (SSSR count). The predicted molar refractivity (Wildman–Crippen MR) is 99.8 cm³/mol. The molecule has 25 heavy (non-hydrogen) atoms. The number of rotatable bonds is 13. The highest BCUT2D eigenvalue weighted by Gasteiger charge is 2.15. The van der Waals surface area contributed by atoms with Gasteiger partial charge in [0, 0.05) is 12.1 Å². The van der Waals surface area contributed by atoms with Crippen LogP contribution in [0.5, 0.6) is 0 Å². The molecule has 5 nitrogen and oxygen atoms in total. The van der Waals surface area contributed by atoms with Gasteiger partial charge in [0.25, 0.3) is 5.69 Å². The predicted octanol–water partition coefficient (Wildman–Crippen LogP) is 6.06. The van der Waals surface area contributed by atoms with Crippen molar-refractivity contribution in [2.24, 2.45) is 0 Å². The van der Waals surface area contributed by atoms with E-state index in [1.165, 1.54) is 69.2 Å². The van der Waals surface area contributed by atoms with Crippen molar-refractivity contribution in [3.8, 4) is 0 Å². The van der Waals surface area contributed by atoms with Crippen LogP contribution in [-0.4, -0.2) is 17.0 Å². The van der Waals surface area contributed by atoms with E-state index in [2.05, 4.69) is 6.92 Å². The number of nitro benzene ring substituents is 1. The summed E-state index contributed by atoms with van der Waals surface area (Å²) < 4.78 is 5.54. The van der Waals surface area contributed by atoms with Crippen LogP contribution in [0.1, 0.15) is 88.4 Å². The fourth-order valence-corrected chi connectivity index (χ4v) is 2.79. The van der Waals surface area contributed by atoms with Crippen LogP contribution in [-0.2, 0) is 4.74 Å². The monoisotopic (exact) mass is 349 g/mol. The third-order valence-corrected chi connectivity index (χ3v) is 4.42. The zero-order valence-electron chi connectivity index (χ0n) is 15.5. The molecule has 0 aliphatic rings. The first-order valence-electron chi connectivity index (χ1n) is 9.53. The smallest absolute Gasteiger partial charge is 0.338 e. The van der Waals surface area contributed by atoms with Crippen LogP contribution in [0.15, 0.2) is 24.3 Å². The molecule has 0 aromatic heterocycles. The highest BCUT2D eigenvalue weighted by Crippen LogP contribution is 2.17. The number of esters is 1. The average Bonchev–Trinajstić information content (AvgIpc) is 2.62. The lowest BCUT2D eigenvalue weighted by Gasteiger charge is -2.16.